The zero-order valence-electron chi connectivity index (χ0n) is 13.4. The van der Waals surface area contributed by atoms with Gasteiger partial charge in [0, 0.05) is 18.5 Å². The Morgan fingerprint density at radius 1 is 1.21 bits per heavy atom. The van der Waals surface area contributed by atoms with Crippen molar-refractivity contribution in [3.05, 3.63) is 24.4 Å². The molecule has 2 aliphatic heterocycles. The molecular weight excluding hydrogens is 328 g/mol. The topological polar surface area (TPSA) is 62.6 Å². The van der Waals surface area contributed by atoms with Crippen molar-refractivity contribution >= 4 is 17.7 Å². The summed E-state index contributed by atoms with van der Waals surface area (Å²) in [6.07, 6.45) is 2.58. The number of fused-ring (bicyclic) bond motifs is 1. The summed E-state index contributed by atoms with van der Waals surface area (Å²) >= 11 is 1.48. The van der Waals surface area contributed by atoms with Gasteiger partial charge < -0.3 is 18.8 Å². The van der Waals surface area contributed by atoms with Crippen LogP contribution in [0.4, 0.5) is 0 Å². The Balaban J connectivity index is 1.65. The quantitative estimate of drug-likeness (QED) is 0.793. The van der Waals surface area contributed by atoms with Gasteiger partial charge in [0.25, 0.3) is 0 Å². The molecule has 0 N–H and O–H groups in total. The van der Waals surface area contributed by atoms with Crippen molar-refractivity contribution in [3.63, 3.8) is 0 Å². The van der Waals surface area contributed by atoms with E-state index in [9.17, 15) is 4.79 Å². The molecule has 0 radical (unpaired) electrons. The smallest absolute Gasteiger partial charge is 0.319 e. The third-order valence-corrected chi connectivity index (χ3v) is 5.36. The van der Waals surface area contributed by atoms with Gasteiger partial charge in [-0.15, -0.1) is 0 Å². The summed E-state index contributed by atoms with van der Waals surface area (Å²) < 4.78 is 18.4. The SMILES string of the molecule is CCn1c(-c2ccc3c(c2)OCCO3)cnc1S[C@H]1CCOC1=O. The fourth-order valence-electron chi connectivity index (χ4n) is 2.90. The zero-order chi connectivity index (χ0) is 16.5. The first-order valence-corrected chi connectivity index (χ1v) is 8.93. The van der Waals surface area contributed by atoms with Crippen molar-refractivity contribution in [3.8, 4) is 22.8 Å². The average Bonchev–Trinajstić information content (AvgIpc) is 3.21. The number of hydrogen-bond donors (Lipinski definition) is 0. The highest BCUT2D eigenvalue weighted by molar-refractivity contribution is 8.00. The number of benzene rings is 1. The number of rotatable bonds is 4. The number of cyclic esters (lactones) is 1. The fourth-order valence-corrected chi connectivity index (χ4v) is 4.00. The summed E-state index contributed by atoms with van der Waals surface area (Å²) in [5, 5.41) is 0.678. The maximum atomic E-state index is 11.7. The third-order valence-electron chi connectivity index (χ3n) is 4.11. The van der Waals surface area contributed by atoms with Crippen molar-refractivity contribution in [1.82, 2.24) is 9.55 Å². The molecule has 1 fully saturated rings. The third kappa shape index (κ3) is 2.73. The summed E-state index contributed by atoms with van der Waals surface area (Å²) in [6.45, 7) is 4.48. The summed E-state index contributed by atoms with van der Waals surface area (Å²) in [5.41, 5.74) is 2.03. The van der Waals surface area contributed by atoms with Gasteiger partial charge in [0.05, 0.1) is 18.5 Å². The van der Waals surface area contributed by atoms with Gasteiger partial charge in [0.1, 0.15) is 18.5 Å². The number of thioether (sulfide) groups is 1. The second kappa shape index (κ2) is 6.39. The van der Waals surface area contributed by atoms with E-state index in [0.717, 1.165) is 40.9 Å². The Morgan fingerprint density at radius 2 is 2.04 bits per heavy atom. The van der Waals surface area contributed by atoms with Crippen LogP contribution in [0.25, 0.3) is 11.3 Å². The van der Waals surface area contributed by atoms with Crippen molar-refractivity contribution in [2.75, 3.05) is 19.8 Å². The van der Waals surface area contributed by atoms with Crippen molar-refractivity contribution in [2.45, 2.75) is 30.3 Å². The van der Waals surface area contributed by atoms with E-state index in [1.54, 1.807) is 0 Å². The van der Waals surface area contributed by atoms with Crippen LogP contribution in [0.1, 0.15) is 13.3 Å². The molecule has 0 amide bonds. The summed E-state index contributed by atoms with van der Waals surface area (Å²) in [7, 11) is 0. The Kier molecular flexibility index (Phi) is 4.10. The molecule has 1 aromatic heterocycles. The van der Waals surface area contributed by atoms with Gasteiger partial charge in [0.2, 0.25) is 0 Å². The fraction of sp³-hybridized carbons (Fsp3) is 0.412. The Morgan fingerprint density at radius 3 is 2.79 bits per heavy atom. The van der Waals surface area contributed by atoms with Crippen LogP contribution in [-0.4, -0.2) is 40.6 Å². The number of esters is 1. The van der Waals surface area contributed by atoms with Crippen molar-refractivity contribution < 1.29 is 19.0 Å². The molecule has 0 unspecified atom stereocenters. The number of imidazole rings is 1. The molecule has 1 aromatic carbocycles. The molecule has 0 aliphatic carbocycles. The molecule has 2 aromatic rings. The minimum Gasteiger partial charge on any atom is -0.486 e. The lowest BCUT2D eigenvalue weighted by molar-refractivity contribution is -0.137. The van der Waals surface area contributed by atoms with Gasteiger partial charge >= 0.3 is 5.97 Å². The van der Waals surface area contributed by atoms with Crippen LogP contribution >= 0.6 is 11.8 Å². The van der Waals surface area contributed by atoms with Gasteiger partial charge in [-0.25, -0.2) is 4.98 Å². The van der Waals surface area contributed by atoms with Crippen LogP contribution in [-0.2, 0) is 16.1 Å². The van der Waals surface area contributed by atoms with E-state index >= 15 is 0 Å². The number of ether oxygens (including phenoxy) is 3. The number of hydrogen-bond acceptors (Lipinski definition) is 6. The Labute approximate surface area is 144 Å². The maximum absolute atomic E-state index is 11.7. The molecule has 7 heteroatoms. The minimum atomic E-state index is -0.161. The molecule has 3 heterocycles. The second-order valence-electron chi connectivity index (χ2n) is 5.59. The highest BCUT2D eigenvalue weighted by Crippen LogP contribution is 2.36. The molecule has 126 valence electrons. The van der Waals surface area contributed by atoms with Gasteiger partial charge in [-0.3, -0.25) is 4.79 Å². The van der Waals surface area contributed by atoms with Crippen LogP contribution in [0.15, 0.2) is 29.6 Å². The van der Waals surface area contributed by atoms with E-state index < -0.39 is 0 Å². The van der Waals surface area contributed by atoms with Gasteiger partial charge in [-0.05, 0) is 25.1 Å². The van der Waals surface area contributed by atoms with Gasteiger partial charge in [-0.1, -0.05) is 11.8 Å². The predicted molar refractivity (Wildman–Crippen MR) is 89.5 cm³/mol. The summed E-state index contributed by atoms with van der Waals surface area (Å²) in [4.78, 5) is 16.2. The number of carbonyl (C=O) groups excluding carboxylic acids is 1. The molecule has 1 atom stereocenters. The standard InChI is InChI=1S/C17H18N2O4S/c1-2-19-12(10-18-17(19)24-15-5-6-23-16(15)20)11-3-4-13-14(9-11)22-8-7-21-13/h3-4,9-10,15H,2,5-8H2,1H3/t15-/m0/s1. The Hall–Kier alpha value is -2.15. The predicted octanol–water partition coefficient (Wildman–Crippen LogP) is 2.75. The van der Waals surface area contributed by atoms with E-state index in [2.05, 4.69) is 16.5 Å². The van der Waals surface area contributed by atoms with E-state index in [1.165, 1.54) is 11.8 Å². The number of aromatic nitrogens is 2. The van der Waals surface area contributed by atoms with Crippen molar-refractivity contribution in [2.24, 2.45) is 0 Å². The molecule has 1 saturated heterocycles. The zero-order valence-corrected chi connectivity index (χ0v) is 14.2. The number of nitrogens with zero attached hydrogens (tertiary/aromatic N) is 2. The van der Waals surface area contributed by atoms with Crippen LogP contribution in [0, 0.1) is 0 Å². The average molecular weight is 346 g/mol. The van der Waals surface area contributed by atoms with E-state index in [1.807, 2.05) is 24.4 Å². The van der Waals surface area contributed by atoms with Crippen LogP contribution < -0.4 is 9.47 Å². The van der Waals surface area contributed by atoms with Gasteiger partial charge in [-0.2, -0.15) is 0 Å². The summed E-state index contributed by atoms with van der Waals surface area (Å²) in [6, 6.07) is 5.92. The molecule has 0 spiro atoms. The van der Waals surface area contributed by atoms with Crippen LogP contribution in [0.5, 0.6) is 11.5 Å². The van der Waals surface area contributed by atoms with E-state index in [4.69, 9.17) is 14.2 Å². The monoisotopic (exact) mass is 346 g/mol. The summed E-state index contributed by atoms with van der Waals surface area (Å²) in [5.74, 6) is 1.39. The highest BCUT2D eigenvalue weighted by Gasteiger charge is 2.29. The van der Waals surface area contributed by atoms with E-state index in [-0.39, 0.29) is 11.2 Å². The molecule has 0 saturated carbocycles. The van der Waals surface area contributed by atoms with Gasteiger partial charge in [0.15, 0.2) is 16.7 Å². The second-order valence-corrected chi connectivity index (χ2v) is 6.76. The van der Waals surface area contributed by atoms with E-state index in [0.29, 0.717) is 19.8 Å². The lowest BCUT2D eigenvalue weighted by Crippen LogP contribution is -2.15. The molecule has 2 aliphatic rings. The molecule has 4 rings (SSSR count). The van der Waals surface area contributed by atoms with Crippen molar-refractivity contribution in [1.29, 1.82) is 0 Å². The minimum absolute atomic E-state index is 0.147. The first-order chi connectivity index (χ1) is 11.8. The largest absolute Gasteiger partial charge is 0.486 e. The first kappa shape index (κ1) is 15.4. The molecule has 0 bridgehead atoms. The first-order valence-electron chi connectivity index (χ1n) is 8.05. The molecule has 6 nitrogen and oxygen atoms in total. The van der Waals surface area contributed by atoms with Crippen LogP contribution in [0.2, 0.25) is 0 Å². The molecular formula is C17H18N2O4S. The lowest BCUT2D eigenvalue weighted by Gasteiger charge is -2.19. The van der Waals surface area contributed by atoms with Crippen LogP contribution in [0.3, 0.4) is 0 Å². The normalized spacial score (nSPS) is 19.4. The molecule has 24 heavy (non-hydrogen) atoms. The highest BCUT2D eigenvalue weighted by atomic mass is 32.2. The lowest BCUT2D eigenvalue weighted by atomic mass is 10.1. The Bertz CT molecular complexity index is 774. The number of carbonyl (C=O) groups is 1. The maximum Gasteiger partial charge on any atom is 0.319 e.